The number of nitrogens with one attached hydrogen (secondary N) is 2. The number of rotatable bonds is 4. The molecule has 1 aliphatic heterocycles. The van der Waals surface area contributed by atoms with Gasteiger partial charge in [-0.3, -0.25) is 0 Å². The summed E-state index contributed by atoms with van der Waals surface area (Å²) in [7, 11) is 0. The Labute approximate surface area is 162 Å². The van der Waals surface area contributed by atoms with Crippen LogP contribution in [0.1, 0.15) is 16.7 Å². The van der Waals surface area contributed by atoms with E-state index in [0.29, 0.717) is 0 Å². The summed E-state index contributed by atoms with van der Waals surface area (Å²) in [5, 5.41) is 4.25. The van der Waals surface area contributed by atoms with Crippen LogP contribution in [0.25, 0.3) is 6.08 Å². The molecular formula is C22H28N3S+. The van der Waals surface area contributed by atoms with E-state index in [-0.39, 0.29) is 0 Å². The molecule has 0 saturated carbocycles. The third-order valence-electron chi connectivity index (χ3n) is 4.75. The fraction of sp³-hybridized carbons (Fsp3) is 0.318. The van der Waals surface area contributed by atoms with Crippen LogP contribution >= 0.6 is 12.2 Å². The van der Waals surface area contributed by atoms with Gasteiger partial charge >= 0.3 is 0 Å². The molecule has 3 rings (SSSR count). The average Bonchev–Trinajstić information content (AvgIpc) is 2.62. The first kappa shape index (κ1) is 18.6. The first-order chi connectivity index (χ1) is 12.6. The summed E-state index contributed by atoms with van der Waals surface area (Å²) in [6.07, 6.45) is 4.50. The predicted molar refractivity (Wildman–Crippen MR) is 115 cm³/mol. The Bertz CT molecular complexity index is 742. The minimum atomic E-state index is 0.842. The SMILES string of the molecule is Cc1cc(C)cc(NC(=S)N2CC[NH+](C/C=C/c3ccccc3)CC2)c1. The summed E-state index contributed by atoms with van der Waals surface area (Å²) in [6.45, 7) is 9.55. The normalized spacial score (nSPS) is 15.4. The lowest BCUT2D eigenvalue weighted by atomic mass is 10.1. The number of nitrogens with zero attached hydrogens (tertiary/aromatic N) is 1. The van der Waals surface area contributed by atoms with Crippen LogP contribution in [0.4, 0.5) is 5.69 Å². The lowest BCUT2D eigenvalue weighted by Crippen LogP contribution is -3.14. The highest BCUT2D eigenvalue weighted by Gasteiger charge is 2.20. The standard InChI is InChI=1S/C22H27N3S/c1-18-15-19(2)17-21(16-18)23-22(26)25-13-11-24(12-14-25)10-6-9-20-7-4-3-5-8-20/h3-9,15-17H,10-14H2,1-2H3,(H,23,26)/p+1/b9-6+. The summed E-state index contributed by atoms with van der Waals surface area (Å²) in [4.78, 5) is 3.90. The Morgan fingerprint density at radius 2 is 1.73 bits per heavy atom. The second-order valence-electron chi connectivity index (χ2n) is 7.06. The maximum absolute atomic E-state index is 5.62. The van der Waals surface area contributed by atoms with Gasteiger partial charge in [-0.15, -0.1) is 0 Å². The summed E-state index contributed by atoms with van der Waals surface area (Å²) in [5.41, 5.74) is 4.88. The zero-order valence-electron chi connectivity index (χ0n) is 15.7. The minimum absolute atomic E-state index is 0.842. The Hall–Kier alpha value is -2.17. The molecule has 0 unspecified atom stereocenters. The van der Waals surface area contributed by atoms with Gasteiger partial charge in [0.25, 0.3) is 0 Å². The van der Waals surface area contributed by atoms with Crippen LogP contribution in [0.5, 0.6) is 0 Å². The summed E-state index contributed by atoms with van der Waals surface area (Å²) in [5.74, 6) is 0. The Morgan fingerprint density at radius 1 is 1.08 bits per heavy atom. The van der Waals surface area contributed by atoms with E-state index in [0.717, 1.165) is 43.5 Å². The molecule has 3 nitrogen and oxygen atoms in total. The summed E-state index contributed by atoms with van der Waals surface area (Å²) < 4.78 is 0. The van der Waals surface area contributed by atoms with Gasteiger partial charge in [0, 0.05) is 5.69 Å². The molecular weight excluding hydrogens is 338 g/mol. The van der Waals surface area contributed by atoms with Crippen molar-refractivity contribution in [1.29, 1.82) is 0 Å². The van der Waals surface area contributed by atoms with Gasteiger partial charge in [-0.25, -0.2) is 0 Å². The molecule has 1 aliphatic rings. The van der Waals surface area contributed by atoms with Crippen molar-refractivity contribution < 1.29 is 4.90 Å². The van der Waals surface area contributed by atoms with E-state index in [4.69, 9.17) is 12.2 Å². The van der Waals surface area contributed by atoms with Crippen molar-refractivity contribution in [2.45, 2.75) is 13.8 Å². The number of hydrogen-bond donors (Lipinski definition) is 2. The molecule has 136 valence electrons. The molecule has 0 aromatic heterocycles. The number of hydrogen-bond acceptors (Lipinski definition) is 1. The second kappa shape index (κ2) is 8.97. The number of benzene rings is 2. The van der Waals surface area contributed by atoms with E-state index >= 15 is 0 Å². The van der Waals surface area contributed by atoms with Crippen LogP contribution in [0.15, 0.2) is 54.6 Å². The van der Waals surface area contributed by atoms with Crippen LogP contribution in [-0.2, 0) is 0 Å². The Morgan fingerprint density at radius 3 is 2.38 bits per heavy atom. The third-order valence-corrected chi connectivity index (χ3v) is 5.11. The maximum atomic E-state index is 5.62. The third kappa shape index (κ3) is 5.41. The van der Waals surface area contributed by atoms with Crippen molar-refractivity contribution in [1.82, 2.24) is 4.90 Å². The van der Waals surface area contributed by atoms with Gasteiger partial charge in [-0.05, 0) is 61.0 Å². The number of thiocarbonyl (C=S) groups is 1. The van der Waals surface area contributed by atoms with E-state index < -0.39 is 0 Å². The zero-order valence-corrected chi connectivity index (χ0v) is 16.5. The van der Waals surface area contributed by atoms with E-state index in [2.05, 4.69) is 84.7 Å². The van der Waals surface area contributed by atoms with Gasteiger partial charge in [0.05, 0.1) is 32.7 Å². The molecule has 0 spiro atoms. The van der Waals surface area contributed by atoms with Crippen molar-refractivity contribution >= 4 is 29.1 Å². The van der Waals surface area contributed by atoms with Crippen molar-refractivity contribution in [3.8, 4) is 0 Å². The highest BCUT2D eigenvalue weighted by Crippen LogP contribution is 2.14. The van der Waals surface area contributed by atoms with Gasteiger partial charge in [-0.2, -0.15) is 0 Å². The quantitative estimate of drug-likeness (QED) is 0.812. The molecule has 4 heteroatoms. The van der Waals surface area contributed by atoms with E-state index in [9.17, 15) is 0 Å². The van der Waals surface area contributed by atoms with Gasteiger partial charge in [0.1, 0.15) is 0 Å². The average molecular weight is 367 g/mol. The van der Waals surface area contributed by atoms with Gasteiger partial charge < -0.3 is 15.1 Å². The van der Waals surface area contributed by atoms with Crippen molar-refractivity contribution in [2.75, 3.05) is 38.0 Å². The number of piperazine rings is 1. The minimum Gasteiger partial charge on any atom is -0.338 e. The Kier molecular flexibility index (Phi) is 6.42. The monoisotopic (exact) mass is 366 g/mol. The van der Waals surface area contributed by atoms with Crippen molar-refractivity contribution in [2.24, 2.45) is 0 Å². The van der Waals surface area contributed by atoms with Crippen LogP contribution < -0.4 is 10.2 Å². The van der Waals surface area contributed by atoms with Gasteiger partial charge in [-0.1, -0.05) is 42.5 Å². The molecule has 2 N–H and O–H groups in total. The fourth-order valence-electron chi connectivity index (χ4n) is 3.41. The number of anilines is 1. The van der Waals surface area contributed by atoms with Crippen molar-refractivity contribution in [3.63, 3.8) is 0 Å². The molecule has 2 aromatic rings. The molecule has 1 heterocycles. The molecule has 1 saturated heterocycles. The van der Waals surface area contributed by atoms with Crippen LogP contribution in [0.3, 0.4) is 0 Å². The zero-order chi connectivity index (χ0) is 18.4. The van der Waals surface area contributed by atoms with Crippen molar-refractivity contribution in [3.05, 3.63) is 71.3 Å². The highest BCUT2D eigenvalue weighted by atomic mass is 32.1. The van der Waals surface area contributed by atoms with Crippen LogP contribution in [0.2, 0.25) is 0 Å². The molecule has 2 aromatic carbocycles. The van der Waals surface area contributed by atoms with Crippen LogP contribution in [-0.4, -0.2) is 42.7 Å². The highest BCUT2D eigenvalue weighted by molar-refractivity contribution is 7.80. The fourth-order valence-corrected chi connectivity index (χ4v) is 3.71. The molecule has 0 atom stereocenters. The lowest BCUT2D eigenvalue weighted by molar-refractivity contribution is -0.897. The molecule has 0 amide bonds. The number of aryl methyl sites for hydroxylation is 2. The van der Waals surface area contributed by atoms with Crippen LogP contribution in [0, 0.1) is 13.8 Å². The molecule has 0 aliphatic carbocycles. The maximum Gasteiger partial charge on any atom is 0.173 e. The first-order valence-corrected chi connectivity index (χ1v) is 9.70. The van der Waals surface area contributed by atoms with E-state index in [1.165, 1.54) is 16.7 Å². The smallest absolute Gasteiger partial charge is 0.173 e. The molecule has 0 bridgehead atoms. The topological polar surface area (TPSA) is 19.7 Å². The molecule has 26 heavy (non-hydrogen) atoms. The predicted octanol–water partition coefficient (Wildman–Crippen LogP) is 2.91. The second-order valence-corrected chi connectivity index (χ2v) is 7.45. The van der Waals surface area contributed by atoms with Gasteiger partial charge in [0.15, 0.2) is 5.11 Å². The van der Waals surface area contributed by atoms with E-state index in [1.54, 1.807) is 4.90 Å². The lowest BCUT2D eigenvalue weighted by Gasteiger charge is -2.33. The summed E-state index contributed by atoms with van der Waals surface area (Å²) >= 11 is 5.62. The number of quaternary nitrogens is 1. The Balaban J connectivity index is 1.45. The summed E-state index contributed by atoms with van der Waals surface area (Å²) in [6, 6.07) is 17.0. The largest absolute Gasteiger partial charge is 0.338 e. The molecule has 0 radical (unpaired) electrons. The van der Waals surface area contributed by atoms with E-state index in [1.807, 2.05) is 0 Å². The first-order valence-electron chi connectivity index (χ1n) is 9.29. The molecule has 1 fully saturated rings. The van der Waals surface area contributed by atoms with Gasteiger partial charge in [0.2, 0.25) is 0 Å².